The summed E-state index contributed by atoms with van der Waals surface area (Å²) >= 11 is 0. The van der Waals surface area contributed by atoms with Gasteiger partial charge in [0.05, 0.1) is 13.0 Å². The van der Waals surface area contributed by atoms with E-state index in [9.17, 15) is 4.79 Å². The number of hydrogen-bond acceptors (Lipinski definition) is 2. The van der Waals surface area contributed by atoms with Crippen LogP contribution < -0.4 is 0 Å². The first-order valence-corrected chi connectivity index (χ1v) is 5.69. The van der Waals surface area contributed by atoms with Crippen LogP contribution in [0.4, 0.5) is 0 Å². The Morgan fingerprint density at radius 1 is 1.40 bits per heavy atom. The van der Waals surface area contributed by atoms with E-state index in [1.807, 2.05) is 0 Å². The minimum absolute atomic E-state index is 0.0315. The van der Waals surface area contributed by atoms with Gasteiger partial charge in [0.2, 0.25) is 0 Å². The SMILES string of the molecule is COC(=O)C1CC=CCC12C=CCCC2. The predicted octanol–water partition coefficient (Wildman–Crippen LogP) is 2.85. The van der Waals surface area contributed by atoms with Gasteiger partial charge < -0.3 is 4.74 Å². The van der Waals surface area contributed by atoms with Crippen LogP contribution in [0.3, 0.4) is 0 Å². The Morgan fingerprint density at radius 2 is 2.27 bits per heavy atom. The van der Waals surface area contributed by atoms with Crippen molar-refractivity contribution >= 4 is 5.97 Å². The van der Waals surface area contributed by atoms with Gasteiger partial charge in [0.25, 0.3) is 0 Å². The molecular weight excluding hydrogens is 188 g/mol. The molecule has 2 aliphatic carbocycles. The molecule has 0 aromatic heterocycles. The van der Waals surface area contributed by atoms with E-state index in [0.29, 0.717) is 0 Å². The molecule has 0 N–H and O–H groups in total. The molecule has 2 unspecified atom stereocenters. The van der Waals surface area contributed by atoms with Crippen LogP contribution in [0.15, 0.2) is 24.3 Å². The Hall–Kier alpha value is -1.05. The van der Waals surface area contributed by atoms with Gasteiger partial charge in [-0.1, -0.05) is 24.3 Å². The molecule has 2 atom stereocenters. The number of ether oxygens (including phenoxy) is 1. The molecule has 0 aromatic rings. The van der Waals surface area contributed by atoms with Gasteiger partial charge in [-0.15, -0.1) is 0 Å². The molecule has 0 saturated heterocycles. The van der Waals surface area contributed by atoms with Crippen LogP contribution in [-0.2, 0) is 9.53 Å². The molecule has 0 bridgehead atoms. The number of esters is 1. The van der Waals surface area contributed by atoms with E-state index in [1.165, 1.54) is 13.5 Å². The van der Waals surface area contributed by atoms with Gasteiger partial charge >= 0.3 is 5.97 Å². The molecule has 15 heavy (non-hydrogen) atoms. The van der Waals surface area contributed by atoms with Crippen LogP contribution in [0.1, 0.15) is 32.1 Å². The normalized spacial score (nSPS) is 34.3. The lowest BCUT2D eigenvalue weighted by molar-refractivity contribution is -0.149. The molecule has 0 radical (unpaired) electrons. The molecule has 0 fully saturated rings. The molecule has 2 heteroatoms. The third-order valence-electron chi connectivity index (χ3n) is 3.68. The number of carbonyl (C=O) groups excluding carboxylic acids is 1. The molecule has 82 valence electrons. The maximum Gasteiger partial charge on any atom is 0.309 e. The van der Waals surface area contributed by atoms with Gasteiger partial charge in [0.15, 0.2) is 0 Å². The van der Waals surface area contributed by atoms with E-state index in [-0.39, 0.29) is 17.3 Å². The van der Waals surface area contributed by atoms with Crippen LogP contribution in [0.5, 0.6) is 0 Å². The largest absolute Gasteiger partial charge is 0.469 e. The van der Waals surface area contributed by atoms with Crippen molar-refractivity contribution in [3.8, 4) is 0 Å². The predicted molar refractivity (Wildman–Crippen MR) is 59.3 cm³/mol. The second-order valence-electron chi connectivity index (χ2n) is 4.51. The highest BCUT2D eigenvalue weighted by molar-refractivity contribution is 5.74. The Kier molecular flexibility index (Phi) is 2.94. The minimum atomic E-state index is -0.0501. The topological polar surface area (TPSA) is 26.3 Å². The summed E-state index contributed by atoms with van der Waals surface area (Å²) in [7, 11) is 1.49. The number of rotatable bonds is 1. The molecule has 0 aromatic carbocycles. The highest BCUT2D eigenvalue weighted by Gasteiger charge is 2.42. The molecule has 0 heterocycles. The average molecular weight is 206 g/mol. The third kappa shape index (κ3) is 1.85. The van der Waals surface area contributed by atoms with Gasteiger partial charge in [-0.2, -0.15) is 0 Å². The van der Waals surface area contributed by atoms with E-state index < -0.39 is 0 Å². The highest BCUT2D eigenvalue weighted by Crippen LogP contribution is 2.46. The van der Waals surface area contributed by atoms with E-state index >= 15 is 0 Å². The summed E-state index contributed by atoms with van der Waals surface area (Å²) in [6, 6.07) is 0. The Morgan fingerprint density at radius 3 is 2.93 bits per heavy atom. The van der Waals surface area contributed by atoms with E-state index in [1.54, 1.807) is 0 Å². The lowest BCUT2D eigenvalue weighted by Crippen LogP contribution is -2.37. The van der Waals surface area contributed by atoms with E-state index in [4.69, 9.17) is 4.74 Å². The standard InChI is InChI=1S/C13H18O2/c1-15-12(14)11-7-3-6-10-13(11)8-4-2-5-9-13/h3-4,6,8,11H,2,5,7,9-10H2,1H3. The van der Waals surface area contributed by atoms with Crippen molar-refractivity contribution in [1.82, 2.24) is 0 Å². The maximum atomic E-state index is 11.8. The first-order valence-electron chi connectivity index (χ1n) is 5.69. The molecule has 0 saturated carbocycles. The lowest BCUT2D eigenvalue weighted by Gasteiger charge is -2.40. The summed E-state index contributed by atoms with van der Waals surface area (Å²) in [6.45, 7) is 0. The zero-order valence-corrected chi connectivity index (χ0v) is 9.24. The van der Waals surface area contributed by atoms with Crippen LogP contribution in [0, 0.1) is 11.3 Å². The number of carbonyl (C=O) groups is 1. The van der Waals surface area contributed by atoms with Crippen LogP contribution >= 0.6 is 0 Å². The van der Waals surface area contributed by atoms with Crippen molar-refractivity contribution in [3.63, 3.8) is 0 Å². The molecular formula is C13H18O2. The highest BCUT2D eigenvalue weighted by atomic mass is 16.5. The van der Waals surface area contributed by atoms with Crippen molar-refractivity contribution in [2.45, 2.75) is 32.1 Å². The Labute approximate surface area is 91.0 Å². The van der Waals surface area contributed by atoms with Crippen molar-refractivity contribution in [2.24, 2.45) is 11.3 Å². The van der Waals surface area contributed by atoms with Crippen LogP contribution in [0.2, 0.25) is 0 Å². The van der Waals surface area contributed by atoms with Gasteiger partial charge in [-0.25, -0.2) is 0 Å². The van der Waals surface area contributed by atoms with Crippen LogP contribution in [-0.4, -0.2) is 13.1 Å². The first kappa shape index (κ1) is 10.5. The Balaban J connectivity index is 2.26. The third-order valence-corrected chi connectivity index (χ3v) is 3.68. The lowest BCUT2D eigenvalue weighted by atomic mass is 9.64. The quantitative estimate of drug-likeness (QED) is 0.487. The first-order chi connectivity index (χ1) is 7.28. The summed E-state index contributed by atoms with van der Waals surface area (Å²) < 4.78 is 4.91. The van der Waals surface area contributed by atoms with Gasteiger partial charge in [-0.05, 0) is 32.1 Å². The zero-order valence-electron chi connectivity index (χ0n) is 9.24. The summed E-state index contributed by atoms with van der Waals surface area (Å²) in [5, 5.41) is 0. The van der Waals surface area contributed by atoms with Crippen LogP contribution in [0.25, 0.3) is 0 Å². The summed E-state index contributed by atoms with van der Waals surface area (Å²) in [5.41, 5.74) is 0.0556. The van der Waals surface area contributed by atoms with Gasteiger partial charge in [0.1, 0.15) is 0 Å². The second kappa shape index (κ2) is 4.21. The van der Waals surface area contributed by atoms with Gasteiger partial charge in [0, 0.05) is 5.41 Å². The van der Waals surface area contributed by atoms with Crippen molar-refractivity contribution in [3.05, 3.63) is 24.3 Å². The Bertz CT molecular complexity index is 304. The van der Waals surface area contributed by atoms with Crippen molar-refractivity contribution in [1.29, 1.82) is 0 Å². The van der Waals surface area contributed by atoms with Gasteiger partial charge in [-0.3, -0.25) is 4.79 Å². The summed E-state index contributed by atoms with van der Waals surface area (Å²) in [4.78, 5) is 11.8. The zero-order chi connectivity index (χ0) is 10.7. The second-order valence-corrected chi connectivity index (χ2v) is 4.51. The molecule has 2 aliphatic rings. The van der Waals surface area contributed by atoms with E-state index in [0.717, 1.165) is 25.7 Å². The molecule has 1 spiro atoms. The average Bonchev–Trinajstić information content (AvgIpc) is 2.30. The summed E-state index contributed by atoms with van der Waals surface area (Å²) in [6.07, 6.45) is 14.1. The fourth-order valence-electron chi connectivity index (χ4n) is 2.80. The smallest absolute Gasteiger partial charge is 0.309 e. The summed E-state index contributed by atoms with van der Waals surface area (Å²) in [5.74, 6) is -0.0186. The number of allylic oxidation sites excluding steroid dienone is 4. The van der Waals surface area contributed by atoms with Crippen molar-refractivity contribution < 1.29 is 9.53 Å². The number of methoxy groups -OCH3 is 1. The van der Waals surface area contributed by atoms with E-state index in [2.05, 4.69) is 24.3 Å². The van der Waals surface area contributed by atoms with Crippen molar-refractivity contribution in [2.75, 3.05) is 7.11 Å². The maximum absolute atomic E-state index is 11.8. The fraction of sp³-hybridized carbons (Fsp3) is 0.615. The number of hydrogen-bond donors (Lipinski definition) is 0. The molecule has 2 rings (SSSR count). The molecule has 2 nitrogen and oxygen atoms in total. The molecule has 0 aliphatic heterocycles. The fourth-order valence-corrected chi connectivity index (χ4v) is 2.80. The monoisotopic (exact) mass is 206 g/mol. The minimum Gasteiger partial charge on any atom is -0.469 e. The molecule has 0 amide bonds.